The molecule has 17 heavy (non-hydrogen) atoms. The minimum absolute atomic E-state index is 0.0494. The molecule has 1 aliphatic rings. The van der Waals surface area contributed by atoms with E-state index in [0.29, 0.717) is 5.92 Å². The Morgan fingerprint density at radius 3 is 2.65 bits per heavy atom. The summed E-state index contributed by atoms with van der Waals surface area (Å²) < 4.78 is 13.7. The molecule has 0 radical (unpaired) electrons. The minimum atomic E-state index is -0.0494. The summed E-state index contributed by atoms with van der Waals surface area (Å²) in [4.78, 5) is 0. The largest absolute Gasteiger partial charge is 0.319 e. The van der Waals surface area contributed by atoms with E-state index in [4.69, 9.17) is 0 Å². The van der Waals surface area contributed by atoms with Crippen molar-refractivity contribution in [2.45, 2.75) is 32.1 Å². The molecule has 1 unspecified atom stereocenters. The van der Waals surface area contributed by atoms with Crippen LogP contribution in [0, 0.1) is 17.7 Å². The summed E-state index contributed by atoms with van der Waals surface area (Å²) in [5, 5.41) is 3.26. The van der Waals surface area contributed by atoms with Crippen molar-refractivity contribution in [2.24, 2.45) is 11.8 Å². The molecular formula is C15H22FN. The number of hydrogen-bond acceptors (Lipinski definition) is 1. The topological polar surface area (TPSA) is 12.0 Å². The lowest BCUT2D eigenvalue weighted by Gasteiger charge is -2.23. The van der Waals surface area contributed by atoms with Gasteiger partial charge >= 0.3 is 0 Å². The molecule has 0 heterocycles. The highest BCUT2D eigenvalue weighted by molar-refractivity contribution is 5.18. The van der Waals surface area contributed by atoms with Gasteiger partial charge in [0.2, 0.25) is 0 Å². The molecule has 0 spiro atoms. The predicted molar refractivity (Wildman–Crippen MR) is 69.5 cm³/mol. The molecule has 1 aromatic rings. The van der Waals surface area contributed by atoms with Crippen molar-refractivity contribution < 1.29 is 4.39 Å². The van der Waals surface area contributed by atoms with Crippen molar-refractivity contribution in [3.8, 4) is 0 Å². The first-order valence-electron chi connectivity index (χ1n) is 6.69. The Kier molecular flexibility index (Phi) is 4.55. The van der Waals surface area contributed by atoms with Crippen molar-refractivity contribution in [1.29, 1.82) is 0 Å². The first-order chi connectivity index (χ1) is 8.31. The SMILES string of the molecule is CNCC(Cc1ccccc1F)C1CCCC1. The molecule has 0 saturated heterocycles. The van der Waals surface area contributed by atoms with Gasteiger partial charge in [-0.2, -0.15) is 0 Å². The Hall–Kier alpha value is -0.890. The molecule has 0 bridgehead atoms. The molecule has 1 aromatic carbocycles. The van der Waals surface area contributed by atoms with E-state index in [1.807, 2.05) is 19.2 Å². The van der Waals surface area contributed by atoms with E-state index >= 15 is 0 Å². The summed E-state index contributed by atoms with van der Waals surface area (Å²) in [7, 11) is 1.99. The Bertz CT molecular complexity index is 345. The van der Waals surface area contributed by atoms with Crippen molar-refractivity contribution in [3.63, 3.8) is 0 Å². The first kappa shape index (κ1) is 12.6. The van der Waals surface area contributed by atoms with Gasteiger partial charge in [-0.05, 0) is 43.5 Å². The molecule has 0 amide bonds. The van der Waals surface area contributed by atoms with Crippen LogP contribution in [0.1, 0.15) is 31.2 Å². The molecule has 1 atom stereocenters. The summed E-state index contributed by atoms with van der Waals surface area (Å²) in [6.45, 7) is 0.999. The van der Waals surface area contributed by atoms with Crippen molar-refractivity contribution in [3.05, 3.63) is 35.6 Å². The highest BCUT2D eigenvalue weighted by Crippen LogP contribution is 2.33. The maximum absolute atomic E-state index is 13.7. The van der Waals surface area contributed by atoms with E-state index < -0.39 is 0 Å². The quantitative estimate of drug-likeness (QED) is 0.825. The molecule has 94 valence electrons. The summed E-state index contributed by atoms with van der Waals surface area (Å²) in [5.74, 6) is 1.31. The lowest BCUT2D eigenvalue weighted by atomic mass is 9.85. The summed E-state index contributed by atoms with van der Waals surface area (Å²) in [6.07, 6.45) is 6.21. The zero-order valence-electron chi connectivity index (χ0n) is 10.6. The fraction of sp³-hybridized carbons (Fsp3) is 0.600. The van der Waals surface area contributed by atoms with Gasteiger partial charge in [0.25, 0.3) is 0 Å². The van der Waals surface area contributed by atoms with Gasteiger partial charge in [0.05, 0.1) is 0 Å². The van der Waals surface area contributed by atoms with E-state index in [0.717, 1.165) is 24.4 Å². The van der Waals surface area contributed by atoms with Crippen LogP contribution < -0.4 is 5.32 Å². The average molecular weight is 235 g/mol. The summed E-state index contributed by atoms with van der Waals surface area (Å²) in [6, 6.07) is 7.19. The standard InChI is InChI=1S/C15H22FN/c1-17-11-14(12-6-2-3-7-12)10-13-8-4-5-9-15(13)16/h4-5,8-9,12,14,17H,2-3,6-7,10-11H2,1H3. The summed E-state index contributed by atoms with van der Waals surface area (Å²) >= 11 is 0. The van der Waals surface area contributed by atoms with Gasteiger partial charge in [0, 0.05) is 0 Å². The molecule has 1 N–H and O–H groups in total. The normalized spacial score (nSPS) is 18.5. The molecule has 1 fully saturated rings. The van der Waals surface area contributed by atoms with Gasteiger partial charge in [-0.1, -0.05) is 43.9 Å². The van der Waals surface area contributed by atoms with Crippen LogP contribution in [0.2, 0.25) is 0 Å². The summed E-state index contributed by atoms with van der Waals surface area (Å²) in [5.41, 5.74) is 0.875. The molecule has 1 nitrogen and oxygen atoms in total. The molecule has 2 heteroatoms. The highest BCUT2D eigenvalue weighted by Gasteiger charge is 2.25. The third kappa shape index (κ3) is 3.29. The Labute approximate surface area is 103 Å². The monoisotopic (exact) mass is 235 g/mol. The maximum Gasteiger partial charge on any atom is 0.126 e. The molecule has 2 rings (SSSR count). The number of benzene rings is 1. The first-order valence-corrected chi connectivity index (χ1v) is 6.69. The van der Waals surface area contributed by atoms with Gasteiger partial charge in [-0.3, -0.25) is 0 Å². The second kappa shape index (κ2) is 6.15. The molecular weight excluding hydrogens is 213 g/mol. The van der Waals surface area contributed by atoms with Crippen molar-refractivity contribution >= 4 is 0 Å². The van der Waals surface area contributed by atoms with E-state index in [9.17, 15) is 4.39 Å². The zero-order valence-corrected chi connectivity index (χ0v) is 10.6. The lowest BCUT2D eigenvalue weighted by molar-refractivity contribution is 0.325. The van der Waals surface area contributed by atoms with Crippen LogP contribution in [0.5, 0.6) is 0 Å². The highest BCUT2D eigenvalue weighted by atomic mass is 19.1. The van der Waals surface area contributed by atoms with Crippen LogP contribution in [0.15, 0.2) is 24.3 Å². The van der Waals surface area contributed by atoms with Crippen molar-refractivity contribution in [1.82, 2.24) is 5.32 Å². The van der Waals surface area contributed by atoms with E-state index in [1.165, 1.54) is 25.7 Å². The molecule has 0 aromatic heterocycles. The Morgan fingerprint density at radius 2 is 2.00 bits per heavy atom. The minimum Gasteiger partial charge on any atom is -0.319 e. The molecule has 1 saturated carbocycles. The van der Waals surface area contributed by atoms with Crippen LogP contribution in [0.25, 0.3) is 0 Å². The van der Waals surface area contributed by atoms with Crippen LogP contribution in [-0.2, 0) is 6.42 Å². The van der Waals surface area contributed by atoms with Gasteiger partial charge in [-0.25, -0.2) is 4.39 Å². The van der Waals surface area contributed by atoms with Crippen molar-refractivity contribution in [2.75, 3.05) is 13.6 Å². The van der Waals surface area contributed by atoms with E-state index in [1.54, 1.807) is 12.1 Å². The smallest absolute Gasteiger partial charge is 0.126 e. The third-order valence-corrected chi connectivity index (χ3v) is 3.97. The van der Waals surface area contributed by atoms with Gasteiger partial charge in [0.1, 0.15) is 5.82 Å². The van der Waals surface area contributed by atoms with Gasteiger partial charge < -0.3 is 5.32 Å². The van der Waals surface area contributed by atoms with E-state index in [2.05, 4.69) is 5.32 Å². The van der Waals surface area contributed by atoms with Gasteiger partial charge in [-0.15, -0.1) is 0 Å². The van der Waals surface area contributed by atoms with Gasteiger partial charge in [0.15, 0.2) is 0 Å². The Balaban J connectivity index is 2.04. The van der Waals surface area contributed by atoms with Crippen LogP contribution in [0.4, 0.5) is 4.39 Å². The number of rotatable bonds is 5. The molecule has 0 aliphatic heterocycles. The average Bonchev–Trinajstić information content (AvgIpc) is 2.85. The second-order valence-electron chi connectivity index (χ2n) is 5.16. The van der Waals surface area contributed by atoms with Crippen LogP contribution in [-0.4, -0.2) is 13.6 Å². The second-order valence-corrected chi connectivity index (χ2v) is 5.16. The predicted octanol–water partition coefficient (Wildman–Crippen LogP) is 3.39. The number of halogens is 1. The fourth-order valence-electron chi connectivity index (χ4n) is 3.04. The van der Waals surface area contributed by atoms with Crippen LogP contribution >= 0.6 is 0 Å². The zero-order chi connectivity index (χ0) is 12.1. The Morgan fingerprint density at radius 1 is 1.29 bits per heavy atom. The number of nitrogens with one attached hydrogen (secondary N) is 1. The lowest BCUT2D eigenvalue weighted by Crippen LogP contribution is -2.26. The van der Waals surface area contributed by atoms with Crippen LogP contribution in [0.3, 0.4) is 0 Å². The maximum atomic E-state index is 13.7. The molecule has 1 aliphatic carbocycles. The van der Waals surface area contributed by atoms with E-state index in [-0.39, 0.29) is 5.82 Å². The number of hydrogen-bond donors (Lipinski definition) is 1. The fourth-order valence-corrected chi connectivity index (χ4v) is 3.04. The third-order valence-electron chi connectivity index (χ3n) is 3.97.